The maximum Gasteiger partial charge on any atom is 0.253 e. The molecule has 17 heavy (non-hydrogen) atoms. The van der Waals surface area contributed by atoms with Crippen molar-refractivity contribution in [2.75, 3.05) is 7.05 Å². The summed E-state index contributed by atoms with van der Waals surface area (Å²) in [6.45, 7) is 0. The SMILES string of the molecule is CNC(=O)c1c[nH]c(=O)cc1-c1ccccc1. The Hall–Kier alpha value is -2.36. The lowest BCUT2D eigenvalue weighted by molar-refractivity contribution is 0.0963. The maximum absolute atomic E-state index is 11.7. The van der Waals surface area contributed by atoms with Crippen LogP contribution in [0.25, 0.3) is 11.1 Å². The number of rotatable bonds is 2. The van der Waals surface area contributed by atoms with Gasteiger partial charge < -0.3 is 10.3 Å². The standard InChI is InChI=1S/C13H12N2O2/c1-14-13(17)11-8-15-12(16)7-10(11)9-5-3-2-4-6-9/h2-8H,1H3,(H,14,17)(H,15,16). The van der Waals surface area contributed by atoms with Crippen LogP contribution in [-0.2, 0) is 0 Å². The third-order valence-electron chi connectivity index (χ3n) is 2.48. The number of carbonyl (C=O) groups excluding carboxylic acids is 1. The van der Waals surface area contributed by atoms with Crippen LogP contribution < -0.4 is 10.9 Å². The van der Waals surface area contributed by atoms with Crippen LogP contribution in [0.15, 0.2) is 47.4 Å². The fourth-order valence-corrected chi connectivity index (χ4v) is 1.65. The van der Waals surface area contributed by atoms with Gasteiger partial charge in [-0.1, -0.05) is 30.3 Å². The average molecular weight is 228 g/mol. The lowest BCUT2D eigenvalue weighted by atomic mass is 10.0. The minimum Gasteiger partial charge on any atom is -0.355 e. The average Bonchev–Trinajstić information content (AvgIpc) is 2.39. The fraction of sp³-hybridized carbons (Fsp3) is 0.0769. The molecule has 1 aromatic carbocycles. The molecule has 4 heteroatoms. The third-order valence-corrected chi connectivity index (χ3v) is 2.48. The molecule has 0 spiro atoms. The molecule has 0 saturated carbocycles. The van der Waals surface area contributed by atoms with E-state index >= 15 is 0 Å². The van der Waals surface area contributed by atoms with Crippen LogP contribution in [0.4, 0.5) is 0 Å². The van der Waals surface area contributed by atoms with Gasteiger partial charge in [0.1, 0.15) is 0 Å². The van der Waals surface area contributed by atoms with Crippen molar-refractivity contribution in [3.63, 3.8) is 0 Å². The van der Waals surface area contributed by atoms with E-state index in [0.29, 0.717) is 11.1 Å². The van der Waals surface area contributed by atoms with Gasteiger partial charge in [-0.3, -0.25) is 9.59 Å². The third kappa shape index (κ3) is 2.25. The zero-order valence-corrected chi connectivity index (χ0v) is 9.36. The highest BCUT2D eigenvalue weighted by Crippen LogP contribution is 2.21. The zero-order valence-electron chi connectivity index (χ0n) is 9.36. The Balaban J connectivity index is 2.63. The Morgan fingerprint density at radius 1 is 1.24 bits per heavy atom. The smallest absolute Gasteiger partial charge is 0.253 e. The van der Waals surface area contributed by atoms with Crippen molar-refractivity contribution in [1.82, 2.24) is 10.3 Å². The first-order valence-electron chi connectivity index (χ1n) is 5.22. The van der Waals surface area contributed by atoms with Crippen molar-refractivity contribution in [3.8, 4) is 11.1 Å². The molecule has 0 radical (unpaired) electrons. The lowest BCUT2D eigenvalue weighted by Gasteiger charge is -2.07. The van der Waals surface area contributed by atoms with Crippen molar-refractivity contribution >= 4 is 5.91 Å². The van der Waals surface area contributed by atoms with Crippen LogP contribution in [0, 0.1) is 0 Å². The molecule has 1 amide bonds. The number of hydrogen-bond acceptors (Lipinski definition) is 2. The van der Waals surface area contributed by atoms with Gasteiger partial charge in [-0.2, -0.15) is 0 Å². The number of hydrogen-bond donors (Lipinski definition) is 2. The molecule has 1 aromatic heterocycles. The van der Waals surface area contributed by atoms with Gasteiger partial charge in [0.25, 0.3) is 5.91 Å². The minimum atomic E-state index is -0.225. The highest BCUT2D eigenvalue weighted by Gasteiger charge is 2.11. The van der Waals surface area contributed by atoms with Crippen LogP contribution in [0.2, 0.25) is 0 Å². The highest BCUT2D eigenvalue weighted by molar-refractivity contribution is 6.00. The van der Waals surface area contributed by atoms with Gasteiger partial charge in [0.05, 0.1) is 5.56 Å². The molecule has 0 fully saturated rings. The molecule has 0 aliphatic heterocycles. The number of pyridine rings is 1. The first kappa shape index (κ1) is 11.1. The fourth-order valence-electron chi connectivity index (χ4n) is 1.65. The van der Waals surface area contributed by atoms with Crippen LogP contribution in [0.3, 0.4) is 0 Å². The number of aromatic nitrogens is 1. The van der Waals surface area contributed by atoms with E-state index in [9.17, 15) is 9.59 Å². The molecule has 4 nitrogen and oxygen atoms in total. The number of aromatic amines is 1. The van der Waals surface area contributed by atoms with Crippen LogP contribution in [-0.4, -0.2) is 17.9 Å². The predicted octanol–water partition coefficient (Wildman–Crippen LogP) is 1.40. The second-order valence-corrected chi connectivity index (χ2v) is 3.57. The number of nitrogens with one attached hydrogen (secondary N) is 2. The molecule has 0 bridgehead atoms. The first-order valence-corrected chi connectivity index (χ1v) is 5.22. The van der Waals surface area contributed by atoms with Crippen LogP contribution in [0.1, 0.15) is 10.4 Å². The molecule has 2 N–H and O–H groups in total. The van der Waals surface area contributed by atoms with Crippen molar-refractivity contribution in [2.45, 2.75) is 0 Å². The summed E-state index contributed by atoms with van der Waals surface area (Å²) in [7, 11) is 1.56. The van der Waals surface area contributed by atoms with Gasteiger partial charge in [0.2, 0.25) is 5.56 Å². The molecule has 0 atom stereocenters. The quantitative estimate of drug-likeness (QED) is 0.816. The predicted molar refractivity (Wildman–Crippen MR) is 65.9 cm³/mol. The summed E-state index contributed by atoms with van der Waals surface area (Å²) in [4.78, 5) is 25.5. The summed E-state index contributed by atoms with van der Waals surface area (Å²) >= 11 is 0. The first-order chi connectivity index (χ1) is 8.22. The molecule has 0 aliphatic rings. The van der Waals surface area contributed by atoms with E-state index in [-0.39, 0.29) is 11.5 Å². The van der Waals surface area contributed by atoms with Gasteiger partial charge >= 0.3 is 0 Å². The van der Waals surface area contributed by atoms with Crippen molar-refractivity contribution in [2.24, 2.45) is 0 Å². The van der Waals surface area contributed by atoms with Crippen LogP contribution in [0.5, 0.6) is 0 Å². The summed E-state index contributed by atoms with van der Waals surface area (Å²) in [6, 6.07) is 10.8. The topological polar surface area (TPSA) is 62.0 Å². The number of amides is 1. The van der Waals surface area contributed by atoms with Crippen molar-refractivity contribution in [1.29, 1.82) is 0 Å². The van der Waals surface area contributed by atoms with Gasteiger partial charge in [-0.25, -0.2) is 0 Å². The Morgan fingerprint density at radius 3 is 2.59 bits per heavy atom. The van der Waals surface area contributed by atoms with Crippen molar-refractivity contribution < 1.29 is 4.79 Å². The largest absolute Gasteiger partial charge is 0.355 e. The van der Waals surface area contributed by atoms with Gasteiger partial charge in [-0.05, 0) is 5.56 Å². The number of benzene rings is 1. The van der Waals surface area contributed by atoms with Gasteiger partial charge in [-0.15, -0.1) is 0 Å². The van der Waals surface area contributed by atoms with E-state index in [1.54, 1.807) is 7.05 Å². The molecule has 0 aliphatic carbocycles. The highest BCUT2D eigenvalue weighted by atomic mass is 16.1. The zero-order chi connectivity index (χ0) is 12.3. The Kier molecular flexibility index (Phi) is 3.05. The van der Waals surface area contributed by atoms with E-state index < -0.39 is 0 Å². The lowest BCUT2D eigenvalue weighted by Crippen LogP contribution is -2.20. The molecule has 2 aromatic rings. The van der Waals surface area contributed by atoms with E-state index in [1.165, 1.54) is 12.3 Å². The summed E-state index contributed by atoms with van der Waals surface area (Å²) in [6.07, 6.45) is 1.43. The van der Waals surface area contributed by atoms with E-state index in [1.807, 2.05) is 30.3 Å². The van der Waals surface area contributed by atoms with E-state index in [2.05, 4.69) is 10.3 Å². The second kappa shape index (κ2) is 4.65. The second-order valence-electron chi connectivity index (χ2n) is 3.57. The number of carbonyl (C=O) groups is 1. The minimum absolute atomic E-state index is 0.222. The van der Waals surface area contributed by atoms with Crippen LogP contribution >= 0.6 is 0 Å². The Bertz CT molecular complexity index is 588. The Labute approximate surface area is 98.3 Å². The van der Waals surface area contributed by atoms with Crippen molar-refractivity contribution in [3.05, 3.63) is 58.5 Å². The van der Waals surface area contributed by atoms with E-state index in [4.69, 9.17) is 0 Å². The van der Waals surface area contributed by atoms with Gasteiger partial charge in [0, 0.05) is 24.9 Å². The summed E-state index contributed by atoms with van der Waals surface area (Å²) in [5.41, 5.74) is 1.71. The summed E-state index contributed by atoms with van der Waals surface area (Å²) in [5, 5.41) is 2.55. The monoisotopic (exact) mass is 228 g/mol. The molecule has 86 valence electrons. The maximum atomic E-state index is 11.7. The molecular formula is C13H12N2O2. The molecule has 1 heterocycles. The Morgan fingerprint density at radius 2 is 1.94 bits per heavy atom. The molecular weight excluding hydrogens is 216 g/mol. The summed E-state index contributed by atoms with van der Waals surface area (Å²) in [5.74, 6) is -0.222. The molecule has 0 unspecified atom stereocenters. The summed E-state index contributed by atoms with van der Waals surface area (Å²) < 4.78 is 0. The molecule has 2 rings (SSSR count). The molecule has 0 saturated heterocycles. The van der Waals surface area contributed by atoms with Gasteiger partial charge in [0.15, 0.2) is 0 Å². The number of H-pyrrole nitrogens is 1. The normalized spacial score (nSPS) is 9.94. The van der Waals surface area contributed by atoms with E-state index in [0.717, 1.165) is 5.56 Å².